The van der Waals surface area contributed by atoms with Crippen molar-refractivity contribution in [2.75, 3.05) is 12.5 Å². The summed E-state index contributed by atoms with van der Waals surface area (Å²) in [4.78, 5) is 3.81. The zero-order valence-electron chi connectivity index (χ0n) is 6.82. The number of hydrogen-bond donors (Lipinski definition) is 0. The summed E-state index contributed by atoms with van der Waals surface area (Å²) in [7, 11) is -2.10. The maximum Gasteiger partial charge on any atom is 0.129 e. The number of halogens is 1. The molecule has 0 saturated carbocycles. The third-order valence-electron chi connectivity index (χ3n) is 1.04. The average Bonchev–Trinajstić information content (AvgIpc) is 1.91. The van der Waals surface area contributed by atoms with Gasteiger partial charge in [-0.25, -0.2) is 9.19 Å². The molecule has 0 bridgehead atoms. The topological polar surface area (TPSA) is 42.3 Å². The molecule has 1 rings (SSSR count). The van der Waals surface area contributed by atoms with Gasteiger partial charge >= 0.3 is 0 Å². The van der Waals surface area contributed by atoms with Crippen molar-refractivity contribution in [3.63, 3.8) is 0 Å². The lowest BCUT2D eigenvalue weighted by Gasteiger charge is -1.95. The molecule has 0 unspecified atom stereocenters. The van der Waals surface area contributed by atoms with Crippen LogP contribution >= 0.6 is 11.6 Å². The zero-order chi connectivity index (χ0) is 9.19. The first kappa shape index (κ1) is 9.48. The van der Waals surface area contributed by atoms with E-state index in [1.54, 1.807) is 24.6 Å². The van der Waals surface area contributed by atoms with Gasteiger partial charge in [-0.2, -0.15) is 4.36 Å². The molecule has 0 radical (unpaired) electrons. The molecule has 12 heavy (non-hydrogen) atoms. The van der Waals surface area contributed by atoms with Crippen molar-refractivity contribution >= 4 is 27.0 Å². The van der Waals surface area contributed by atoms with E-state index in [0.717, 1.165) is 0 Å². The Bertz CT molecular complexity index is 371. The molecule has 3 nitrogen and oxygen atoms in total. The van der Waals surface area contributed by atoms with Crippen LogP contribution in [0.5, 0.6) is 0 Å². The van der Waals surface area contributed by atoms with Gasteiger partial charge in [-0.05, 0) is 12.1 Å². The van der Waals surface area contributed by atoms with Gasteiger partial charge in [0.25, 0.3) is 0 Å². The lowest BCUT2D eigenvalue weighted by molar-refractivity contribution is 0.684. The maximum absolute atomic E-state index is 11.2. The highest BCUT2D eigenvalue weighted by molar-refractivity contribution is 7.92. The van der Waals surface area contributed by atoms with Crippen molar-refractivity contribution in [1.29, 1.82) is 0 Å². The summed E-state index contributed by atoms with van der Waals surface area (Å²) in [5, 5.41) is 0.410. The Morgan fingerprint density at radius 2 is 2.17 bits per heavy atom. The van der Waals surface area contributed by atoms with E-state index in [1.807, 2.05) is 0 Å². The lowest BCUT2D eigenvalue weighted by atomic mass is 10.4. The van der Waals surface area contributed by atoms with E-state index >= 15 is 0 Å². The van der Waals surface area contributed by atoms with Crippen LogP contribution in [0.15, 0.2) is 22.7 Å². The van der Waals surface area contributed by atoms with E-state index in [2.05, 4.69) is 9.35 Å². The Kier molecular flexibility index (Phi) is 2.69. The summed E-state index contributed by atoms with van der Waals surface area (Å²) in [6, 6.07) is 3.30. The molecule has 0 aliphatic heterocycles. The smallest absolute Gasteiger partial charge is 0.129 e. The third-order valence-corrected chi connectivity index (χ3v) is 1.91. The fraction of sp³-hybridized carbons (Fsp3) is 0.286. The van der Waals surface area contributed by atoms with Gasteiger partial charge in [0.15, 0.2) is 0 Å². The fourth-order valence-electron chi connectivity index (χ4n) is 0.676. The van der Waals surface area contributed by atoms with Gasteiger partial charge in [-0.15, -0.1) is 0 Å². The van der Waals surface area contributed by atoms with Crippen LogP contribution in [0.4, 0.5) is 5.69 Å². The van der Waals surface area contributed by atoms with Crippen LogP contribution in [0.3, 0.4) is 0 Å². The van der Waals surface area contributed by atoms with E-state index in [1.165, 1.54) is 6.20 Å². The third kappa shape index (κ3) is 3.19. The van der Waals surface area contributed by atoms with Crippen molar-refractivity contribution in [3.8, 4) is 0 Å². The molecule has 1 heterocycles. The Labute approximate surface area is 77.0 Å². The Hall–Kier alpha value is -0.610. The Morgan fingerprint density at radius 3 is 2.58 bits per heavy atom. The molecule has 0 amide bonds. The van der Waals surface area contributed by atoms with E-state index in [-0.39, 0.29) is 0 Å². The van der Waals surface area contributed by atoms with Crippen LogP contribution in [0.2, 0.25) is 5.15 Å². The first-order valence-electron chi connectivity index (χ1n) is 3.26. The summed E-state index contributed by atoms with van der Waals surface area (Å²) in [6.07, 6.45) is 4.64. The number of hydrogen-bond acceptors (Lipinski definition) is 3. The molecule has 0 spiro atoms. The first-order valence-corrected chi connectivity index (χ1v) is 5.97. The minimum absolute atomic E-state index is 0.410. The number of rotatable bonds is 1. The van der Waals surface area contributed by atoms with Crippen LogP contribution in [0.25, 0.3) is 0 Å². The predicted octanol–water partition coefficient (Wildman–Crippen LogP) is 2.09. The largest absolute Gasteiger partial charge is 0.250 e. The van der Waals surface area contributed by atoms with Gasteiger partial charge in [-0.1, -0.05) is 11.6 Å². The van der Waals surface area contributed by atoms with Crippen LogP contribution in [0, 0.1) is 0 Å². The molecule has 0 saturated heterocycles. The molecule has 0 N–H and O–H groups in total. The fourth-order valence-corrected chi connectivity index (χ4v) is 1.40. The molecule has 66 valence electrons. The van der Waals surface area contributed by atoms with Crippen LogP contribution < -0.4 is 0 Å². The second-order valence-corrected chi connectivity index (χ2v) is 5.54. The maximum atomic E-state index is 11.2. The highest BCUT2D eigenvalue weighted by Gasteiger charge is 1.93. The van der Waals surface area contributed by atoms with Crippen LogP contribution in [-0.2, 0) is 9.73 Å². The van der Waals surface area contributed by atoms with Crippen molar-refractivity contribution in [1.82, 2.24) is 4.98 Å². The average molecular weight is 205 g/mol. The second-order valence-electron chi connectivity index (χ2n) is 2.61. The van der Waals surface area contributed by atoms with Crippen molar-refractivity contribution < 1.29 is 4.21 Å². The monoisotopic (exact) mass is 204 g/mol. The standard InChI is InChI=1S/C7H9ClN2OS/c1-12(2,11)10-6-3-4-7(8)9-5-6/h3-5H,1-2H3. The lowest BCUT2D eigenvalue weighted by Crippen LogP contribution is -1.88. The summed E-state index contributed by atoms with van der Waals surface area (Å²) in [5.74, 6) is 0. The molecule has 0 fully saturated rings. The van der Waals surface area contributed by atoms with E-state index in [4.69, 9.17) is 11.6 Å². The summed E-state index contributed by atoms with van der Waals surface area (Å²) in [6.45, 7) is 0. The molecule has 5 heteroatoms. The molecule has 0 aromatic carbocycles. The number of aromatic nitrogens is 1. The Morgan fingerprint density at radius 1 is 1.50 bits per heavy atom. The highest BCUT2D eigenvalue weighted by atomic mass is 35.5. The van der Waals surface area contributed by atoms with Gasteiger partial charge in [0.2, 0.25) is 0 Å². The van der Waals surface area contributed by atoms with Gasteiger partial charge < -0.3 is 0 Å². The van der Waals surface area contributed by atoms with Crippen LogP contribution in [-0.4, -0.2) is 21.7 Å². The SMILES string of the molecule is CS(C)(=O)=Nc1ccc(Cl)nc1. The summed E-state index contributed by atoms with van der Waals surface area (Å²) < 4.78 is 15.2. The predicted molar refractivity (Wildman–Crippen MR) is 51.3 cm³/mol. The minimum atomic E-state index is -2.10. The molecule has 1 aromatic heterocycles. The normalized spacial score (nSPS) is 11.2. The molecule has 1 aromatic rings. The van der Waals surface area contributed by atoms with Gasteiger partial charge in [0.1, 0.15) is 5.15 Å². The summed E-state index contributed by atoms with van der Waals surface area (Å²) >= 11 is 5.56. The van der Waals surface area contributed by atoms with E-state index in [0.29, 0.717) is 10.8 Å². The van der Waals surface area contributed by atoms with E-state index < -0.39 is 9.73 Å². The van der Waals surface area contributed by atoms with Crippen molar-refractivity contribution in [3.05, 3.63) is 23.5 Å². The molecular formula is C7H9ClN2OS. The van der Waals surface area contributed by atoms with Gasteiger partial charge in [0, 0.05) is 22.2 Å². The van der Waals surface area contributed by atoms with Gasteiger partial charge in [-0.3, -0.25) is 0 Å². The molecule has 0 aliphatic rings. The van der Waals surface area contributed by atoms with Gasteiger partial charge in [0.05, 0.1) is 11.9 Å². The number of pyridine rings is 1. The zero-order valence-corrected chi connectivity index (χ0v) is 8.39. The van der Waals surface area contributed by atoms with Crippen molar-refractivity contribution in [2.24, 2.45) is 4.36 Å². The first-order chi connectivity index (χ1) is 5.47. The quantitative estimate of drug-likeness (QED) is 0.658. The highest BCUT2D eigenvalue weighted by Crippen LogP contribution is 2.14. The molecule has 0 atom stereocenters. The van der Waals surface area contributed by atoms with Crippen molar-refractivity contribution in [2.45, 2.75) is 0 Å². The Balaban J connectivity index is 3.08. The van der Waals surface area contributed by atoms with E-state index in [9.17, 15) is 4.21 Å². The second kappa shape index (κ2) is 3.41. The summed E-state index contributed by atoms with van der Waals surface area (Å²) in [5.41, 5.74) is 0.592. The number of nitrogens with zero attached hydrogens (tertiary/aromatic N) is 2. The minimum Gasteiger partial charge on any atom is -0.250 e. The molecule has 0 aliphatic carbocycles. The molecular weight excluding hydrogens is 196 g/mol. The van der Waals surface area contributed by atoms with Crippen LogP contribution in [0.1, 0.15) is 0 Å².